The molecule has 0 aromatic carbocycles. The van der Waals surface area contributed by atoms with Gasteiger partial charge in [-0.25, -0.2) is 4.57 Å². The van der Waals surface area contributed by atoms with Gasteiger partial charge in [0.2, 0.25) is 0 Å². The highest BCUT2D eigenvalue weighted by molar-refractivity contribution is 7.46. The first kappa shape index (κ1) is 40.8. The fraction of sp³-hybridized carbons (Fsp3) is 0.879. The van der Waals surface area contributed by atoms with Crippen molar-refractivity contribution in [2.45, 2.75) is 174 Å². The Morgan fingerprint density at radius 1 is 0.595 bits per heavy atom. The van der Waals surface area contributed by atoms with Gasteiger partial charge in [0, 0.05) is 12.8 Å². The van der Waals surface area contributed by atoms with E-state index in [0.717, 1.165) is 51.4 Å². The van der Waals surface area contributed by atoms with E-state index >= 15 is 0 Å². The Balaban J connectivity index is 4.01. The topological polar surface area (TPSA) is 119 Å². The van der Waals surface area contributed by atoms with Gasteiger partial charge in [-0.2, -0.15) is 0 Å². The summed E-state index contributed by atoms with van der Waals surface area (Å²) in [6.45, 7) is 3.63. The number of unbranched alkanes of at least 4 members (excludes halogenated alkanes) is 19. The summed E-state index contributed by atoms with van der Waals surface area (Å²) in [5, 5.41) is 0. The van der Waals surface area contributed by atoms with Gasteiger partial charge in [0.15, 0.2) is 6.10 Å². The van der Waals surface area contributed by atoms with Crippen molar-refractivity contribution in [1.82, 2.24) is 0 Å². The molecule has 0 aliphatic carbocycles. The molecule has 2 N–H and O–H groups in total. The third kappa shape index (κ3) is 31.7. The Labute approximate surface area is 257 Å². The van der Waals surface area contributed by atoms with Crippen molar-refractivity contribution in [3.8, 4) is 0 Å². The van der Waals surface area contributed by atoms with Crippen LogP contribution in [-0.4, -0.2) is 41.0 Å². The molecule has 0 saturated heterocycles. The van der Waals surface area contributed by atoms with Gasteiger partial charge in [-0.15, -0.1) is 0 Å². The molecule has 0 aliphatic rings. The second kappa shape index (κ2) is 29.8. The zero-order valence-electron chi connectivity index (χ0n) is 26.9. The third-order valence-corrected chi connectivity index (χ3v) is 7.77. The molecule has 0 spiro atoms. The Bertz CT molecular complexity index is 706. The number of phosphoric acid groups is 1. The maximum atomic E-state index is 12.3. The molecule has 0 aliphatic heterocycles. The molecule has 0 rings (SSSR count). The maximum absolute atomic E-state index is 12.3. The number of ether oxygens (including phenoxy) is 2. The van der Waals surface area contributed by atoms with Crippen molar-refractivity contribution in [3.05, 3.63) is 12.2 Å². The summed E-state index contributed by atoms with van der Waals surface area (Å²) < 4.78 is 26.2. The molecule has 0 unspecified atom stereocenters. The second-order valence-corrected chi connectivity index (χ2v) is 12.7. The fourth-order valence-corrected chi connectivity index (χ4v) is 5.08. The van der Waals surface area contributed by atoms with Gasteiger partial charge in [0.25, 0.3) is 0 Å². The van der Waals surface area contributed by atoms with E-state index in [1.54, 1.807) is 0 Å². The van der Waals surface area contributed by atoms with Crippen LogP contribution in [0.3, 0.4) is 0 Å². The maximum Gasteiger partial charge on any atom is 0.469 e. The van der Waals surface area contributed by atoms with E-state index in [1.165, 1.54) is 77.0 Å². The van der Waals surface area contributed by atoms with Crippen LogP contribution in [0, 0.1) is 0 Å². The summed E-state index contributed by atoms with van der Waals surface area (Å²) in [6, 6.07) is 0. The first-order chi connectivity index (χ1) is 20.3. The highest BCUT2D eigenvalue weighted by atomic mass is 31.2. The van der Waals surface area contributed by atoms with Gasteiger partial charge in [-0.05, 0) is 38.5 Å². The molecule has 0 fully saturated rings. The summed E-state index contributed by atoms with van der Waals surface area (Å²) >= 11 is 0. The van der Waals surface area contributed by atoms with Crippen molar-refractivity contribution >= 4 is 19.8 Å². The molecule has 0 heterocycles. The van der Waals surface area contributed by atoms with Crippen LogP contribution in [0.4, 0.5) is 0 Å². The van der Waals surface area contributed by atoms with Crippen LogP contribution in [-0.2, 0) is 28.2 Å². The van der Waals surface area contributed by atoms with E-state index < -0.39 is 32.5 Å². The number of hydrogen-bond donors (Lipinski definition) is 2. The van der Waals surface area contributed by atoms with E-state index in [1.807, 2.05) is 0 Å². The molecule has 42 heavy (non-hydrogen) atoms. The van der Waals surface area contributed by atoms with E-state index in [0.29, 0.717) is 12.8 Å². The molecule has 0 radical (unpaired) electrons. The molecule has 0 aromatic heterocycles. The smallest absolute Gasteiger partial charge is 0.462 e. The number of rotatable bonds is 31. The molecule has 0 bridgehead atoms. The van der Waals surface area contributed by atoms with E-state index in [-0.39, 0.29) is 19.4 Å². The van der Waals surface area contributed by atoms with Gasteiger partial charge in [-0.1, -0.05) is 129 Å². The highest BCUT2D eigenvalue weighted by Gasteiger charge is 2.22. The monoisotopic (exact) mass is 618 g/mol. The van der Waals surface area contributed by atoms with Gasteiger partial charge < -0.3 is 19.3 Å². The lowest BCUT2D eigenvalue weighted by molar-refractivity contribution is -0.161. The summed E-state index contributed by atoms with van der Waals surface area (Å²) in [6.07, 6.45) is 29.3. The number of esters is 2. The average molecular weight is 619 g/mol. The number of carbonyl (C=O) groups excluding carboxylic acids is 2. The third-order valence-electron chi connectivity index (χ3n) is 7.28. The number of hydrogen-bond acceptors (Lipinski definition) is 6. The lowest BCUT2D eigenvalue weighted by Gasteiger charge is -2.18. The van der Waals surface area contributed by atoms with Crippen molar-refractivity contribution in [2.24, 2.45) is 0 Å². The summed E-state index contributed by atoms with van der Waals surface area (Å²) in [5.74, 6) is -0.892. The minimum absolute atomic E-state index is 0.215. The molecule has 0 saturated carbocycles. The molecule has 0 amide bonds. The number of phosphoric ester groups is 1. The summed E-state index contributed by atoms with van der Waals surface area (Å²) in [7, 11) is -4.74. The summed E-state index contributed by atoms with van der Waals surface area (Å²) in [5.41, 5.74) is 0. The van der Waals surface area contributed by atoms with Crippen molar-refractivity contribution in [1.29, 1.82) is 0 Å². The summed E-state index contributed by atoms with van der Waals surface area (Å²) in [4.78, 5) is 42.5. The largest absolute Gasteiger partial charge is 0.469 e. The van der Waals surface area contributed by atoms with Crippen LogP contribution in [0.1, 0.15) is 168 Å². The predicted molar refractivity (Wildman–Crippen MR) is 170 cm³/mol. The van der Waals surface area contributed by atoms with E-state index in [9.17, 15) is 14.2 Å². The molecule has 0 aromatic rings. The predicted octanol–water partition coefficient (Wildman–Crippen LogP) is 9.51. The zero-order chi connectivity index (χ0) is 31.2. The van der Waals surface area contributed by atoms with Crippen LogP contribution in [0.5, 0.6) is 0 Å². The van der Waals surface area contributed by atoms with Gasteiger partial charge in [0.05, 0.1) is 6.61 Å². The minimum atomic E-state index is -4.74. The number of carbonyl (C=O) groups is 2. The molecule has 248 valence electrons. The Morgan fingerprint density at radius 3 is 1.50 bits per heavy atom. The van der Waals surface area contributed by atoms with Crippen LogP contribution in [0.2, 0.25) is 0 Å². The Morgan fingerprint density at radius 2 is 1.00 bits per heavy atom. The Kier molecular flexibility index (Phi) is 29.0. The van der Waals surface area contributed by atoms with Crippen LogP contribution < -0.4 is 0 Å². The molecular weight excluding hydrogens is 555 g/mol. The van der Waals surface area contributed by atoms with Crippen molar-refractivity contribution < 1.29 is 37.9 Å². The molecular formula is C33H63O8P. The van der Waals surface area contributed by atoms with Crippen molar-refractivity contribution in [2.75, 3.05) is 13.2 Å². The minimum Gasteiger partial charge on any atom is -0.462 e. The quantitative estimate of drug-likeness (QED) is 0.0341. The fourth-order valence-electron chi connectivity index (χ4n) is 4.72. The standard InChI is InChI=1S/C33H63O8P/c1-3-5-7-9-11-13-15-17-19-21-23-25-27-32(34)39-29-31(30-40-42(36,37)38)41-33(35)28-26-24-22-20-18-16-14-12-10-8-6-4-2/h11,13,31H,3-10,12,14-30H2,1-2H3,(H2,36,37,38)/b13-11-/t31-/m1/s1. The first-order valence-corrected chi connectivity index (χ1v) is 18.5. The molecule has 8 nitrogen and oxygen atoms in total. The van der Waals surface area contributed by atoms with E-state index in [2.05, 4.69) is 30.5 Å². The zero-order valence-corrected chi connectivity index (χ0v) is 27.8. The lowest BCUT2D eigenvalue weighted by Crippen LogP contribution is -2.29. The Hall–Kier alpha value is -1.21. The van der Waals surface area contributed by atoms with E-state index in [4.69, 9.17) is 19.3 Å². The molecule has 1 atom stereocenters. The number of allylic oxidation sites excluding steroid dienone is 2. The lowest BCUT2D eigenvalue weighted by atomic mass is 10.0. The normalized spacial score (nSPS) is 12.6. The van der Waals surface area contributed by atoms with Gasteiger partial charge in [-0.3, -0.25) is 14.1 Å². The average Bonchev–Trinajstić information content (AvgIpc) is 2.95. The first-order valence-electron chi connectivity index (χ1n) is 17.0. The SMILES string of the molecule is CCCCC/C=C\CCCCCCCC(=O)OC[C@H](COP(=O)(O)O)OC(=O)CCCCCCCCCCCCCC. The van der Waals surface area contributed by atoms with Crippen LogP contribution in [0.15, 0.2) is 12.2 Å². The van der Waals surface area contributed by atoms with Crippen LogP contribution in [0.25, 0.3) is 0 Å². The second-order valence-electron chi connectivity index (χ2n) is 11.5. The van der Waals surface area contributed by atoms with Gasteiger partial charge in [0.1, 0.15) is 6.61 Å². The van der Waals surface area contributed by atoms with Crippen molar-refractivity contribution in [3.63, 3.8) is 0 Å². The highest BCUT2D eigenvalue weighted by Crippen LogP contribution is 2.36. The molecule has 9 heteroatoms. The van der Waals surface area contributed by atoms with Crippen LogP contribution >= 0.6 is 7.82 Å². The van der Waals surface area contributed by atoms with Gasteiger partial charge >= 0.3 is 19.8 Å².